The van der Waals surface area contributed by atoms with Crippen LogP contribution in [-0.2, 0) is 9.53 Å². The molecule has 1 aromatic carbocycles. The lowest BCUT2D eigenvalue weighted by molar-refractivity contribution is -0.116. The summed E-state index contributed by atoms with van der Waals surface area (Å²) in [5.41, 5.74) is 1.79. The van der Waals surface area contributed by atoms with Gasteiger partial charge in [-0.15, -0.1) is 0 Å². The average molecular weight is 321 g/mol. The molecule has 0 aliphatic carbocycles. The minimum atomic E-state index is -0.156. The van der Waals surface area contributed by atoms with E-state index in [0.29, 0.717) is 19.8 Å². The lowest BCUT2D eigenvalue weighted by atomic mass is 10.2. The van der Waals surface area contributed by atoms with Crippen molar-refractivity contribution in [3.05, 3.63) is 24.3 Å². The number of rotatable bonds is 4. The number of carbonyl (C=O) groups is 2. The number of anilines is 2. The summed E-state index contributed by atoms with van der Waals surface area (Å²) in [7, 11) is 0. The third-order valence-electron chi connectivity index (χ3n) is 3.71. The second-order valence-electron chi connectivity index (χ2n) is 5.20. The first-order valence-corrected chi connectivity index (χ1v) is 8.36. The van der Waals surface area contributed by atoms with Gasteiger partial charge in [-0.2, -0.15) is 0 Å². The molecule has 22 heavy (non-hydrogen) atoms. The fourth-order valence-electron chi connectivity index (χ4n) is 2.59. The number of carbonyl (C=O) groups excluding carboxylic acids is 2. The molecule has 0 aromatic heterocycles. The highest BCUT2D eigenvalue weighted by Crippen LogP contribution is 2.26. The minimum Gasteiger partial charge on any atom is -0.378 e. The molecule has 1 N–H and O–H groups in total. The van der Waals surface area contributed by atoms with E-state index in [4.69, 9.17) is 4.74 Å². The van der Waals surface area contributed by atoms with E-state index in [-0.39, 0.29) is 17.7 Å². The zero-order valence-corrected chi connectivity index (χ0v) is 13.1. The number of hydrogen-bond acceptors (Lipinski definition) is 5. The summed E-state index contributed by atoms with van der Waals surface area (Å²) in [6, 6.07) is 7.75. The zero-order valence-electron chi connectivity index (χ0n) is 12.3. The van der Waals surface area contributed by atoms with Crippen LogP contribution < -0.4 is 10.2 Å². The van der Waals surface area contributed by atoms with Crippen LogP contribution in [0.4, 0.5) is 16.2 Å². The maximum atomic E-state index is 12.2. The van der Waals surface area contributed by atoms with Crippen molar-refractivity contribution < 1.29 is 14.3 Å². The first kappa shape index (κ1) is 15.2. The van der Waals surface area contributed by atoms with E-state index >= 15 is 0 Å². The number of ether oxygens (including phenoxy) is 1. The van der Waals surface area contributed by atoms with Gasteiger partial charge in [-0.25, -0.2) is 0 Å². The van der Waals surface area contributed by atoms with Crippen LogP contribution >= 0.6 is 11.8 Å². The van der Waals surface area contributed by atoms with Gasteiger partial charge in [-0.05, 0) is 12.1 Å². The number of nitrogens with one attached hydrogen (secondary N) is 1. The zero-order chi connectivity index (χ0) is 15.4. The molecular formula is C15H19N3O3S. The number of hydrogen-bond donors (Lipinski definition) is 1. The van der Waals surface area contributed by atoms with Crippen LogP contribution in [0, 0.1) is 0 Å². The van der Waals surface area contributed by atoms with Gasteiger partial charge in [-0.1, -0.05) is 23.9 Å². The Morgan fingerprint density at radius 3 is 2.73 bits per heavy atom. The molecule has 2 aliphatic heterocycles. The Bertz CT molecular complexity index is 561. The third kappa shape index (κ3) is 3.53. The molecule has 2 heterocycles. The summed E-state index contributed by atoms with van der Waals surface area (Å²) in [6.07, 6.45) is 0. The molecule has 1 aromatic rings. The summed E-state index contributed by atoms with van der Waals surface area (Å²) >= 11 is 1.26. The maximum absolute atomic E-state index is 12.2. The maximum Gasteiger partial charge on any atom is 0.282 e. The van der Waals surface area contributed by atoms with Crippen LogP contribution in [0.1, 0.15) is 0 Å². The van der Waals surface area contributed by atoms with Crippen molar-refractivity contribution in [3.8, 4) is 0 Å². The van der Waals surface area contributed by atoms with Crippen molar-refractivity contribution in [3.63, 3.8) is 0 Å². The average Bonchev–Trinajstić information content (AvgIpc) is 2.94. The highest BCUT2D eigenvalue weighted by Gasteiger charge is 2.24. The van der Waals surface area contributed by atoms with Crippen molar-refractivity contribution in [1.29, 1.82) is 0 Å². The molecule has 7 heteroatoms. The number of thioether (sulfide) groups is 1. The number of amides is 2. The van der Waals surface area contributed by atoms with Crippen LogP contribution in [0.5, 0.6) is 0 Å². The molecule has 2 saturated heterocycles. The Balaban J connectivity index is 1.66. The highest BCUT2D eigenvalue weighted by molar-refractivity contribution is 8.13. The van der Waals surface area contributed by atoms with Crippen LogP contribution in [0.25, 0.3) is 0 Å². The first-order valence-electron chi connectivity index (χ1n) is 7.37. The van der Waals surface area contributed by atoms with Gasteiger partial charge >= 0.3 is 0 Å². The Morgan fingerprint density at radius 2 is 2.00 bits per heavy atom. The van der Waals surface area contributed by atoms with Gasteiger partial charge in [0.15, 0.2) is 0 Å². The van der Waals surface area contributed by atoms with Crippen LogP contribution in [0.15, 0.2) is 24.3 Å². The summed E-state index contributed by atoms with van der Waals surface area (Å²) in [4.78, 5) is 27.5. The predicted molar refractivity (Wildman–Crippen MR) is 87.5 cm³/mol. The molecule has 6 nitrogen and oxygen atoms in total. The van der Waals surface area contributed by atoms with Gasteiger partial charge in [0.2, 0.25) is 5.91 Å². The Hall–Kier alpha value is -1.73. The fraction of sp³-hybridized carbons (Fsp3) is 0.467. The number of para-hydroxylation sites is 2. The topological polar surface area (TPSA) is 61.9 Å². The first-order chi connectivity index (χ1) is 10.7. The monoisotopic (exact) mass is 321 g/mol. The van der Waals surface area contributed by atoms with Gasteiger partial charge in [0.25, 0.3) is 5.24 Å². The van der Waals surface area contributed by atoms with Crippen molar-refractivity contribution in [2.24, 2.45) is 0 Å². The van der Waals surface area contributed by atoms with Gasteiger partial charge < -0.3 is 19.9 Å². The minimum absolute atomic E-state index is 0.0170. The quantitative estimate of drug-likeness (QED) is 0.913. The largest absolute Gasteiger partial charge is 0.378 e. The molecule has 0 radical (unpaired) electrons. The SMILES string of the molecule is O=C(CN1CCSC1=O)Nc1ccccc1N1CCOCC1. The van der Waals surface area contributed by atoms with Crippen LogP contribution in [0.3, 0.4) is 0 Å². The van der Waals surface area contributed by atoms with Gasteiger partial charge in [0.1, 0.15) is 6.54 Å². The summed E-state index contributed by atoms with van der Waals surface area (Å²) in [5.74, 6) is 0.604. The molecule has 118 valence electrons. The van der Waals surface area contributed by atoms with Crippen LogP contribution in [0.2, 0.25) is 0 Å². The number of benzene rings is 1. The highest BCUT2D eigenvalue weighted by atomic mass is 32.2. The standard InChI is InChI=1S/C15H19N3O3S/c19-14(11-18-7-10-22-15(18)20)16-12-3-1-2-4-13(12)17-5-8-21-9-6-17/h1-4H,5-11H2,(H,16,19). The number of morpholine rings is 1. The van der Waals surface area contributed by atoms with E-state index in [1.807, 2.05) is 24.3 Å². The van der Waals surface area contributed by atoms with E-state index in [9.17, 15) is 9.59 Å². The van der Waals surface area contributed by atoms with E-state index in [0.717, 1.165) is 30.2 Å². The van der Waals surface area contributed by atoms with E-state index in [1.54, 1.807) is 4.90 Å². The summed E-state index contributed by atoms with van der Waals surface area (Å²) < 4.78 is 5.37. The Kier molecular flexibility index (Phi) is 4.84. The lowest BCUT2D eigenvalue weighted by Gasteiger charge is -2.30. The van der Waals surface area contributed by atoms with E-state index in [1.165, 1.54) is 11.8 Å². The Labute approximate surface area is 133 Å². The third-order valence-corrected chi connectivity index (χ3v) is 4.60. The molecule has 2 amide bonds. The summed E-state index contributed by atoms with van der Waals surface area (Å²) in [5, 5.41) is 2.91. The molecule has 0 saturated carbocycles. The number of nitrogens with zero attached hydrogens (tertiary/aromatic N) is 2. The normalized spacial score (nSPS) is 18.6. The molecule has 0 unspecified atom stereocenters. The van der Waals surface area contributed by atoms with Gasteiger partial charge in [-0.3, -0.25) is 9.59 Å². The Morgan fingerprint density at radius 1 is 1.23 bits per heavy atom. The molecule has 2 fully saturated rings. The molecular weight excluding hydrogens is 302 g/mol. The van der Waals surface area contributed by atoms with Crippen molar-refractivity contribution in [2.75, 3.05) is 55.4 Å². The second-order valence-corrected chi connectivity index (χ2v) is 6.25. The lowest BCUT2D eigenvalue weighted by Crippen LogP contribution is -2.37. The van der Waals surface area contributed by atoms with Crippen LogP contribution in [-0.4, -0.2) is 61.2 Å². The second kappa shape index (κ2) is 7.02. The van der Waals surface area contributed by atoms with E-state index < -0.39 is 0 Å². The smallest absolute Gasteiger partial charge is 0.282 e. The predicted octanol–water partition coefficient (Wildman–Crippen LogP) is 1.63. The summed E-state index contributed by atoms with van der Waals surface area (Å²) in [6.45, 7) is 3.77. The molecule has 0 spiro atoms. The molecule has 2 aliphatic rings. The van der Waals surface area contributed by atoms with E-state index in [2.05, 4.69) is 10.2 Å². The fourth-order valence-corrected chi connectivity index (χ4v) is 3.42. The molecule has 3 rings (SSSR count). The van der Waals surface area contributed by atoms with Crippen molar-refractivity contribution in [2.45, 2.75) is 0 Å². The van der Waals surface area contributed by atoms with Gasteiger partial charge in [0.05, 0.1) is 24.6 Å². The van der Waals surface area contributed by atoms with Crippen molar-refractivity contribution >= 4 is 34.3 Å². The molecule has 0 atom stereocenters. The van der Waals surface area contributed by atoms with Gasteiger partial charge in [0, 0.05) is 25.4 Å². The molecule has 0 bridgehead atoms. The van der Waals surface area contributed by atoms with Crippen molar-refractivity contribution in [1.82, 2.24) is 4.90 Å².